The second-order valence-corrected chi connectivity index (χ2v) is 8.92. The highest BCUT2D eigenvalue weighted by atomic mass is 16.5. The molecule has 0 bridgehead atoms. The molecule has 1 aromatic heterocycles. The molecule has 0 unspecified atom stereocenters. The molecule has 0 fully saturated rings. The van der Waals surface area contributed by atoms with Crippen LogP contribution < -0.4 is 24.4 Å². The van der Waals surface area contributed by atoms with Crippen LogP contribution in [0.15, 0.2) is 42.5 Å². The molecule has 1 N–H and O–H groups in total. The molecule has 0 saturated carbocycles. The minimum Gasteiger partial charge on any atom is -0.494 e. The molecule has 0 atom stereocenters. The Morgan fingerprint density at radius 2 is 1.72 bits per heavy atom. The fourth-order valence-corrected chi connectivity index (χ4v) is 3.42. The number of hydrogen-bond acceptors (Lipinski definition) is 8. The van der Waals surface area contributed by atoms with Gasteiger partial charge < -0.3 is 24.4 Å². The summed E-state index contributed by atoms with van der Waals surface area (Å²) in [6.45, 7) is 7.67. The summed E-state index contributed by atoms with van der Waals surface area (Å²) in [7, 11) is 3.09. The third kappa shape index (κ3) is 6.94. The lowest BCUT2D eigenvalue weighted by molar-refractivity contribution is -0.125. The first-order valence-corrected chi connectivity index (χ1v) is 11.5. The summed E-state index contributed by atoms with van der Waals surface area (Å²) in [5.41, 5.74) is 0.763. The summed E-state index contributed by atoms with van der Waals surface area (Å²) in [4.78, 5) is 28.5. The fourth-order valence-electron chi connectivity index (χ4n) is 3.42. The number of hydrogen-bond donors (Lipinski definition) is 1. The van der Waals surface area contributed by atoms with Crippen molar-refractivity contribution in [1.82, 2.24) is 25.5 Å². The zero-order chi connectivity index (χ0) is 26.3. The van der Waals surface area contributed by atoms with Crippen molar-refractivity contribution >= 4 is 17.5 Å². The monoisotopic (exact) mass is 496 g/mol. The van der Waals surface area contributed by atoms with Gasteiger partial charge in [-0.3, -0.25) is 9.59 Å². The van der Waals surface area contributed by atoms with Crippen molar-refractivity contribution in [2.75, 3.05) is 32.3 Å². The smallest absolute Gasteiger partial charge is 0.251 e. The van der Waals surface area contributed by atoms with Crippen molar-refractivity contribution in [1.29, 1.82) is 0 Å². The summed E-state index contributed by atoms with van der Waals surface area (Å²) in [5, 5.41) is 15.3. The van der Waals surface area contributed by atoms with E-state index in [1.54, 1.807) is 49.6 Å². The Kier molecular flexibility index (Phi) is 8.46. The molecule has 0 spiro atoms. The first kappa shape index (κ1) is 26.5. The van der Waals surface area contributed by atoms with Crippen molar-refractivity contribution in [3.8, 4) is 28.6 Å². The first-order valence-electron chi connectivity index (χ1n) is 11.5. The standard InChI is InChI=1S/C25H32N6O5/c1-7-36-19-11-9-18(10-12-19)30(15-22(32)26-25(2,3)4)23(33)16-31-28-24(27-29-31)17-8-13-20(34-5)21(14-17)35-6/h8-14H,7,15-16H2,1-6H3,(H,26,32). The highest BCUT2D eigenvalue weighted by Gasteiger charge is 2.23. The lowest BCUT2D eigenvalue weighted by Gasteiger charge is -2.26. The number of carbonyl (C=O) groups excluding carboxylic acids is 2. The number of rotatable bonds is 10. The summed E-state index contributed by atoms with van der Waals surface area (Å²) >= 11 is 0. The van der Waals surface area contributed by atoms with Crippen LogP contribution in [-0.2, 0) is 16.1 Å². The second kappa shape index (κ2) is 11.5. The van der Waals surface area contributed by atoms with Gasteiger partial charge in [0.05, 0.1) is 20.8 Å². The Hall–Kier alpha value is -4.15. The van der Waals surface area contributed by atoms with E-state index in [-0.39, 0.29) is 24.9 Å². The molecule has 11 nitrogen and oxygen atoms in total. The maximum absolute atomic E-state index is 13.3. The molecule has 0 aliphatic rings. The average Bonchev–Trinajstić information content (AvgIpc) is 3.30. The average molecular weight is 497 g/mol. The Bertz CT molecular complexity index is 1190. The Morgan fingerprint density at radius 1 is 1.03 bits per heavy atom. The van der Waals surface area contributed by atoms with Crippen molar-refractivity contribution in [2.24, 2.45) is 0 Å². The summed E-state index contributed by atoms with van der Waals surface area (Å²) in [5.74, 6) is 1.42. The van der Waals surface area contributed by atoms with Crippen LogP contribution in [0.3, 0.4) is 0 Å². The minimum absolute atomic E-state index is 0.165. The van der Waals surface area contributed by atoms with E-state index < -0.39 is 5.54 Å². The highest BCUT2D eigenvalue weighted by Crippen LogP contribution is 2.30. The third-order valence-electron chi connectivity index (χ3n) is 4.95. The molecule has 3 rings (SSSR count). The number of amides is 2. The largest absolute Gasteiger partial charge is 0.494 e. The quantitative estimate of drug-likeness (QED) is 0.455. The maximum atomic E-state index is 13.3. The predicted octanol–water partition coefficient (Wildman–Crippen LogP) is 2.70. The lowest BCUT2D eigenvalue weighted by atomic mass is 10.1. The number of aromatic nitrogens is 4. The molecule has 0 saturated heterocycles. The van der Waals surface area contributed by atoms with Crippen molar-refractivity contribution in [2.45, 2.75) is 39.8 Å². The number of benzene rings is 2. The van der Waals surface area contributed by atoms with Crippen LogP contribution in [0.25, 0.3) is 11.4 Å². The molecular weight excluding hydrogens is 464 g/mol. The lowest BCUT2D eigenvalue weighted by Crippen LogP contribution is -2.48. The van der Waals surface area contributed by atoms with Crippen LogP contribution in [0, 0.1) is 0 Å². The van der Waals surface area contributed by atoms with Crippen molar-refractivity contribution in [3.63, 3.8) is 0 Å². The number of nitrogens with one attached hydrogen (secondary N) is 1. The number of tetrazole rings is 1. The van der Waals surface area contributed by atoms with Gasteiger partial charge in [0.1, 0.15) is 18.8 Å². The number of methoxy groups -OCH3 is 2. The van der Waals surface area contributed by atoms with E-state index in [0.717, 1.165) is 0 Å². The van der Waals surface area contributed by atoms with E-state index >= 15 is 0 Å². The van der Waals surface area contributed by atoms with Gasteiger partial charge in [0, 0.05) is 16.8 Å². The van der Waals surface area contributed by atoms with Gasteiger partial charge in [-0.05, 0) is 75.4 Å². The molecule has 3 aromatic rings. The highest BCUT2D eigenvalue weighted by molar-refractivity contribution is 5.98. The Morgan fingerprint density at radius 3 is 2.33 bits per heavy atom. The maximum Gasteiger partial charge on any atom is 0.251 e. The van der Waals surface area contributed by atoms with Crippen molar-refractivity contribution in [3.05, 3.63) is 42.5 Å². The van der Waals surface area contributed by atoms with Gasteiger partial charge in [-0.1, -0.05) is 0 Å². The number of carbonyl (C=O) groups is 2. The van der Waals surface area contributed by atoms with E-state index in [1.807, 2.05) is 27.7 Å². The number of nitrogens with zero attached hydrogens (tertiary/aromatic N) is 5. The van der Waals surface area contributed by atoms with Crippen LogP contribution in [0.1, 0.15) is 27.7 Å². The molecule has 0 aliphatic heterocycles. The van der Waals surface area contributed by atoms with E-state index in [4.69, 9.17) is 14.2 Å². The first-order chi connectivity index (χ1) is 17.1. The summed E-state index contributed by atoms with van der Waals surface area (Å²) < 4.78 is 16.1. The van der Waals surface area contributed by atoms with Crippen LogP contribution in [-0.4, -0.2) is 64.9 Å². The number of anilines is 1. The Labute approximate surface area is 210 Å². The molecule has 11 heteroatoms. The van der Waals surface area contributed by atoms with Gasteiger partial charge in [-0.2, -0.15) is 4.80 Å². The van der Waals surface area contributed by atoms with E-state index in [0.29, 0.717) is 40.9 Å². The van der Waals surface area contributed by atoms with Gasteiger partial charge in [-0.25, -0.2) is 0 Å². The predicted molar refractivity (Wildman–Crippen MR) is 134 cm³/mol. The van der Waals surface area contributed by atoms with Gasteiger partial charge in [0.15, 0.2) is 11.5 Å². The molecular formula is C25H32N6O5. The fraction of sp³-hybridized carbons (Fsp3) is 0.400. The Balaban J connectivity index is 1.81. The molecule has 1 heterocycles. The third-order valence-corrected chi connectivity index (χ3v) is 4.95. The number of ether oxygens (including phenoxy) is 3. The van der Waals surface area contributed by atoms with Gasteiger partial charge in [-0.15, -0.1) is 10.2 Å². The summed E-state index contributed by atoms with van der Waals surface area (Å²) in [6, 6.07) is 12.2. The van der Waals surface area contributed by atoms with E-state index in [9.17, 15) is 9.59 Å². The minimum atomic E-state index is -0.438. The molecule has 0 radical (unpaired) electrons. The summed E-state index contributed by atoms with van der Waals surface area (Å²) in [6.07, 6.45) is 0. The van der Waals surface area contributed by atoms with Crippen LogP contribution >= 0.6 is 0 Å². The molecule has 2 amide bonds. The molecule has 36 heavy (non-hydrogen) atoms. The van der Waals surface area contributed by atoms with Crippen LogP contribution in [0.2, 0.25) is 0 Å². The molecule has 0 aliphatic carbocycles. The van der Waals surface area contributed by atoms with E-state index in [2.05, 4.69) is 20.7 Å². The zero-order valence-corrected chi connectivity index (χ0v) is 21.4. The van der Waals surface area contributed by atoms with Crippen LogP contribution in [0.4, 0.5) is 5.69 Å². The molecule has 192 valence electrons. The zero-order valence-electron chi connectivity index (χ0n) is 21.4. The van der Waals surface area contributed by atoms with E-state index in [1.165, 1.54) is 16.8 Å². The van der Waals surface area contributed by atoms with Gasteiger partial charge in [0.25, 0.3) is 5.91 Å². The normalized spacial score (nSPS) is 11.1. The SMILES string of the molecule is CCOc1ccc(N(CC(=O)NC(C)(C)C)C(=O)Cn2nnc(-c3ccc(OC)c(OC)c3)n2)cc1. The molecule has 2 aromatic carbocycles. The topological polar surface area (TPSA) is 121 Å². The second-order valence-electron chi connectivity index (χ2n) is 8.92. The van der Waals surface area contributed by atoms with Crippen LogP contribution in [0.5, 0.6) is 17.2 Å². The van der Waals surface area contributed by atoms with Crippen molar-refractivity contribution < 1.29 is 23.8 Å². The van der Waals surface area contributed by atoms with Gasteiger partial charge >= 0.3 is 0 Å². The van der Waals surface area contributed by atoms with Gasteiger partial charge in [0.2, 0.25) is 11.7 Å².